The first-order chi connectivity index (χ1) is 17.5. The number of carbonyl (C=O) groups is 1. The molecule has 3 N–H and O–H groups in total. The summed E-state index contributed by atoms with van der Waals surface area (Å²) in [7, 11) is 4.97. The van der Waals surface area contributed by atoms with Crippen LogP contribution in [0.25, 0.3) is 0 Å². The first kappa shape index (κ1) is 25.7. The van der Waals surface area contributed by atoms with Crippen LogP contribution in [0.4, 0.5) is 23.1 Å². The molecule has 1 aliphatic heterocycles. The molecule has 0 fully saturated rings. The number of amides is 1. The van der Waals surface area contributed by atoms with Crippen molar-refractivity contribution in [3.05, 3.63) is 64.3 Å². The minimum Gasteiger partial charge on any atom is -0.495 e. The summed E-state index contributed by atoms with van der Waals surface area (Å²) in [6.07, 6.45) is 3.40. The number of halogens is 1. The van der Waals surface area contributed by atoms with Gasteiger partial charge in [-0.25, -0.2) is 4.98 Å². The van der Waals surface area contributed by atoms with Crippen LogP contribution in [-0.2, 0) is 17.6 Å². The molecule has 0 unspecified atom stereocenters. The number of anilines is 4. The van der Waals surface area contributed by atoms with Gasteiger partial charge in [0.05, 0.1) is 36.9 Å². The smallest absolute Gasteiger partial charge is 0.253 e. The van der Waals surface area contributed by atoms with Crippen molar-refractivity contribution in [2.45, 2.75) is 12.8 Å². The van der Waals surface area contributed by atoms with Crippen LogP contribution in [0.2, 0.25) is 5.02 Å². The summed E-state index contributed by atoms with van der Waals surface area (Å²) in [5, 5.41) is 9.41. The predicted molar refractivity (Wildman–Crippen MR) is 142 cm³/mol. The number of ether oxygens (including phenoxy) is 2. The first-order valence-electron chi connectivity index (χ1n) is 11.8. The molecule has 190 valence electrons. The molecule has 36 heavy (non-hydrogen) atoms. The summed E-state index contributed by atoms with van der Waals surface area (Å²) in [5.74, 6) is 1.25. The monoisotopic (exact) mass is 510 g/mol. The van der Waals surface area contributed by atoms with Crippen molar-refractivity contribution in [2.24, 2.45) is 0 Å². The van der Waals surface area contributed by atoms with Crippen molar-refractivity contribution in [2.75, 3.05) is 58.1 Å². The molecule has 10 heteroatoms. The molecule has 0 spiro atoms. The lowest BCUT2D eigenvalue weighted by atomic mass is 10.0. The highest BCUT2D eigenvalue weighted by Crippen LogP contribution is 2.33. The second-order valence-electron chi connectivity index (χ2n) is 8.42. The van der Waals surface area contributed by atoms with Crippen molar-refractivity contribution in [1.82, 2.24) is 20.2 Å². The normalized spacial score (nSPS) is 13.4. The van der Waals surface area contributed by atoms with E-state index in [9.17, 15) is 4.79 Å². The quantitative estimate of drug-likeness (QED) is 0.396. The van der Waals surface area contributed by atoms with Gasteiger partial charge in [-0.3, -0.25) is 4.79 Å². The maximum Gasteiger partial charge on any atom is 0.253 e. The van der Waals surface area contributed by atoms with E-state index < -0.39 is 0 Å². The molecule has 3 aromatic rings. The Morgan fingerprint density at radius 2 is 1.83 bits per heavy atom. The fraction of sp³-hybridized carbons (Fsp3) is 0.346. The van der Waals surface area contributed by atoms with Crippen molar-refractivity contribution in [3.63, 3.8) is 0 Å². The molecule has 4 rings (SSSR count). The summed E-state index contributed by atoms with van der Waals surface area (Å²) in [6.45, 7) is 3.60. The third kappa shape index (κ3) is 6.04. The zero-order valence-corrected chi connectivity index (χ0v) is 21.5. The van der Waals surface area contributed by atoms with Gasteiger partial charge in [0, 0.05) is 33.8 Å². The Balaban J connectivity index is 1.57. The van der Waals surface area contributed by atoms with Gasteiger partial charge in [0.15, 0.2) is 5.82 Å². The van der Waals surface area contributed by atoms with E-state index in [1.165, 1.54) is 17.3 Å². The van der Waals surface area contributed by atoms with Crippen LogP contribution in [0.5, 0.6) is 5.75 Å². The highest BCUT2D eigenvalue weighted by atomic mass is 35.5. The molecule has 0 bridgehead atoms. The average Bonchev–Trinajstić information content (AvgIpc) is 3.10. The number of nitrogens with one attached hydrogen (secondary N) is 3. The number of hydrogen-bond acceptors (Lipinski definition) is 8. The number of hydrogen-bond donors (Lipinski definition) is 3. The fourth-order valence-corrected chi connectivity index (χ4v) is 4.34. The largest absolute Gasteiger partial charge is 0.495 e. The summed E-state index contributed by atoms with van der Waals surface area (Å²) >= 11 is 6.38. The molecule has 0 saturated carbocycles. The summed E-state index contributed by atoms with van der Waals surface area (Å²) in [5.41, 5.74) is 4.40. The molecule has 1 aliphatic rings. The number of fused-ring (bicyclic) bond motifs is 1. The van der Waals surface area contributed by atoms with Gasteiger partial charge < -0.3 is 30.3 Å². The number of benzene rings is 2. The van der Waals surface area contributed by atoms with Gasteiger partial charge in [0.2, 0.25) is 5.95 Å². The van der Waals surface area contributed by atoms with E-state index in [-0.39, 0.29) is 5.91 Å². The molecule has 9 nitrogen and oxygen atoms in total. The molecule has 0 atom stereocenters. The van der Waals surface area contributed by atoms with E-state index in [1.54, 1.807) is 39.5 Å². The summed E-state index contributed by atoms with van der Waals surface area (Å²) in [4.78, 5) is 23.6. The number of aromatic nitrogens is 2. The second-order valence-corrected chi connectivity index (χ2v) is 8.83. The predicted octanol–water partition coefficient (Wildman–Crippen LogP) is 4.03. The standard InChI is InChI=1S/C26H31ClN6O3/c1-28-25(34)19-6-4-5-7-21(19)30-24-20(27)16-29-26(32-24)31-22-14-17-8-10-33(12-13-35-2)11-9-18(17)15-23(22)36-3/h4-7,14-16H,8-13H2,1-3H3,(H,28,34)(H2,29,30,31,32). The number of para-hydroxylation sites is 1. The third-order valence-electron chi connectivity index (χ3n) is 6.17. The van der Waals surface area contributed by atoms with E-state index in [2.05, 4.69) is 43.0 Å². The first-order valence-corrected chi connectivity index (χ1v) is 12.2. The Labute approximate surface area is 216 Å². The van der Waals surface area contributed by atoms with Crippen LogP contribution >= 0.6 is 11.6 Å². The third-order valence-corrected chi connectivity index (χ3v) is 6.45. The van der Waals surface area contributed by atoms with Gasteiger partial charge in [0.25, 0.3) is 5.91 Å². The van der Waals surface area contributed by atoms with Crippen LogP contribution in [-0.4, -0.2) is 68.3 Å². The lowest BCUT2D eigenvalue weighted by Gasteiger charge is -2.18. The highest BCUT2D eigenvalue weighted by Gasteiger charge is 2.18. The van der Waals surface area contributed by atoms with Gasteiger partial charge in [-0.05, 0) is 48.2 Å². The molecular formula is C26H31ClN6O3. The van der Waals surface area contributed by atoms with Gasteiger partial charge in [0.1, 0.15) is 10.8 Å². The lowest BCUT2D eigenvalue weighted by Crippen LogP contribution is -2.29. The van der Waals surface area contributed by atoms with E-state index in [4.69, 9.17) is 21.1 Å². The van der Waals surface area contributed by atoms with Gasteiger partial charge >= 0.3 is 0 Å². The lowest BCUT2D eigenvalue weighted by molar-refractivity contribution is 0.0964. The molecule has 0 aliphatic carbocycles. The van der Waals surface area contributed by atoms with Crippen LogP contribution in [0, 0.1) is 0 Å². The van der Waals surface area contributed by atoms with E-state index >= 15 is 0 Å². The Kier molecular flexibility index (Phi) is 8.58. The van der Waals surface area contributed by atoms with Gasteiger partial charge in [-0.15, -0.1) is 0 Å². The van der Waals surface area contributed by atoms with Crippen LogP contribution in [0.3, 0.4) is 0 Å². The average molecular weight is 511 g/mol. The number of nitrogens with zero attached hydrogens (tertiary/aromatic N) is 3. The van der Waals surface area contributed by atoms with Crippen LogP contribution in [0.15, 0.2) is 42.6 Å². The molecule has 2 heterocycles. The van der Waals surface area contributed by atoms with E-state index in [0.717, 1.165) is 50.5 Å². The van der Waals surface area contributed by atoms with Crippen molar-refractivity contribution < 1.29 is 14.3 Å². The molecule has 0 radical (unpaired) electrons. The Hall–Kier alpha value is -3.40. The number of carbonyl (C=O) groups excluding carboxylic acids is 1. The minimum atomic E-state index is -0.211. The van der Waals surface area contributed by atoms with E-state index in [1.807, 2.05) is 6.07 Å². The molecule has 2 aromatic carbocycles. The number of rotatable bonds is 9. The zero-order valence-electron chi connectivity index (χ0n) is 20.7. The maximum absolute atomic E-state index is 12.2. The molecule has 1 aromatic heterocycles. The zero-order chi connectivity index (χ0) is 25.5. The second kappa shape index (κ2) is 12.0. The summed E-state index contributed by atoms with van der Waals surface area (Å²) < 4.78 is 10.9. The maximum atomic E-state index is 12.2. The SMILES string of the molecule is CNC(=O)c1ccccc1Nc1nc(Nc2cc3c(cc2OC)CCN(CCOC)CC3)ncc1Cl. The van der Waals surface area contributed by atoms with Gasteiger partial charge in [-0.2, -0.15) is 4.98 Å². The minimum absolute atomic E-state index is 0.211. The fourth-order valence-electron chi connectivity index (χ4n) is 4.20. The molecule has 1 amide bonds. The van der Waals surface area contributed by atoms with Crippen LogP contribution in [0.1, 0.15) is 21.5 Å². The van der Waals surface area contributed by atoms with Gasteiger partial charge in [-0.1, -0.05) is 23.7 Å². The summed E-state index contributed by atoms with van der Waals surface area (Å²) in [6, 6.07) is 11.4. The van der Waals surface area contributed by atoms with Crippen molar-refractivity contribution >= 4 is 40.6 Å². The molecular weight excluding hydrogens is 480 g/mol. The van der Waals surface area contributed by atoms with Crippen molar-refractivity contribution in [1.29, 1.82) is 0 Å². The molecule has 0 saturated heterocycles. The van der Waals surface area contributed by atoms with Crippen LogP contribution < -0.4 is 20.7 Å². The topological polar surface area (TPSA) is 101 Å². The number of methoxy groups -OCH3 is 2. The van der Waals surface area contributed by atoms with E-state index in [0.29, 0.717) is 28.0 Å². The Morgan fingerprint density at radius 1 is 1.08 bits per heavy atom. The van der Waals surface area contributed by atoms with Crippen molar-refractivity contribution in [3.8, 4) is 5.75 Å². The Bertz CT molecular complexity index is 1220. The Morgan fingerprint density at radius 3 is 2.56 bits per heavy atom. The highest BCUT2D eigenvalue weighted by molar-refractivity contribution is 6.33.